The fourth-order valence-corrected chi connectivity index (χ4v) is 0.732. The van der Waals surface area contributed by atoms with Gasteiger partial charge in [0.1, 0.15) is 6.54 Å². The van der Waals surface area contributed by atoms with Crippen molar-refractivity contribution in [1.82, 2.24) is 4.98 Å². The van der Waals surface area contributed by atoms with Crippen LogP contribution in [0.15, 0.2) is 23.6 Å². The van der Waals surface area contributed by atoms with Crippen LogP contribution in [0.3, 0.4) is 0 Å². The number of aromatic nitrogens is 1. The summed E-state index contributed by atoms with van der Waals surface area (Å²) in [4.78, 5) is 13.7. The van der Waals surface area contributed by atoms with Gasteiger partial charge in [-0.15, -0.1) is 0 Å². The van der Waals surface area contributed by atoms with Crippen molar-refractivity contribution in [2.24, 2.45) is 5.18 Å². The third-order valence-corrected chi connectivity index (χ3v) is 1.38. The van der Waals surface area contributed by atoms with E-state index in [9.17, 15) is 4.91 Å². The van der Waals surface area contributed by atoms with E-state index in [0.29, 0.717) is 0 Å². The number of aryl methyl sites for hydroxylation is 1. The summed E-state index contributed by atoms with van der Waals surface area (Å²) in [6.07, 6.45) is 3.36. The molecular formula is C7H8N2O. The maximum Gasteiger partial charge on any atom is 0.108 e. The van der Waals surface area contributed by atoms with E-state index < -0.39 is 0 Å². The summed E-state index contributed by atoms with van der Waals surface area (Å²) in [5, 5.41) is 2.78. The predicted molar refractivity (Wildman–Crippen MR) is 38.5 cm³/mol. The van der Waals surface area contributed by atoms with Crippen molar-refractivity contribution in [2.45, 2.75) is 13.5 Å². The first-order chi connectivity index (χ1) is 4.84. The second-order valence-electron chi connectivity index (χ2n) is 2.09. The Balaban J connectivity index is 2.91. The van der Waals surface area contributed by atoms with Crippen LogP contribution >= 0.6 is 0 Å². The second-order valence-corrected chi connectivity index (χ2v) is 2.09. The molecule has 0 aromatic carbocycles. The molecule has 0 spiro atoms. The number of nitrogens with zero attached hydrogens (tertiary/aromatic N) is 2. The van der Waals surface area contributed by atoms with E-state index in [1.165, 1.54) is 0 Å². The summed E-state index contributed by atoms with van der Waals surface area (Å²) in [6.45, 7) is 2.15. The normalized spacial score (nSPS) is 9.30. The molecule has 10 heavy (non-hydrogen) atoms. The Morgan fingerprint density at radius 2 is 2.50 bits per heavy atom. The average molecular weight is 136 g/mol. The van der Waals surface area contributed by atoms with Gasteiger partial charge in [-0.2, -0.15) is 4.91 Å². The largest absolute Gasteiger partial charge is 0.264 e. The first-order valence-electron chi connectivity index (χ1n) is 3.03. The maximum atomic E-state index is 9.85. The van der Waals surface area contributed by atoms with E-state index in [2.05, 4.69) is 10.2 Å². The van der Waals surface area contributed by atoms with Crippen LogP contribution in [-0.2, 0) is 6.54 Å². The Bertz CT molecular complexity index is 235. The van der Waals surface area contributed by atoms with Gasteiger partial charge in [-0.25, -0.2) is 0 Å². The molecule has 0 N–H and O–H groups in total. The van der Waals surface area contributed by atoms with Crippen molar-refractivity contribution in [1.29, 1.82) is 0 Å². The molecule has 0 fully saturated rings. The monoisotopic (exact) mass is 136 g/mol. The minimum atomic E-state index is 0.222. The van der Waals surface area contributed by atoms with Crippen LogP contribution in [-0.4, -0.2) is 4.98 Å². The van der Waals surface area contributed by atoms with Gasteiger partial charge in [0, 0.05) is 12.4 Å². The fraction of sp³-hybridized carbons (Fsp3) is 0.286. The number of pyridine rings is 1. The molecule has 0 bridgehead atoms. The van der Waals surface area contributed by atoms with Crippen molar-refractivity contribution in [3.8, 4) is 0 Å². The van der Waals surface area contributed by atoms with E-state index in [4.69, 9.17) is 0 Å². The molecule has 1 aromatic rings. The highest BCUT2D eigenvalue weighted by Gasteiger charge is 1.94. The fourth-order valence-electron chi connectivity index (χ4n) is 0.732. The van der Waals surface area contributed by atoms with Crippen LogP contribution < -0.4 is 0 Å². The van der Waals surface area contributed by atoms with Crippen LogP contribution in [0.25, 0.3) is 0 Å². The topological polar surface area (TPSA) is 42.3 Å². The lowest BCUT2D eigenvalue weighted by Gasteiger charge is -1.96. The van der Waals surface area contributed by atoms with E-state index in [1.54, 1.807) is 12.4 Å². The Hall–Kier alpha value is -1.25. The molecule has 0 amide bonds. The van der Waals surface area contributed by atoms with Crippen LogP contribution in [0.1, 0.15) is 11.1 Å². The van der Waals surface area contributed by atoms with Crippen molar-refractivity contribution in [2.75, 3.05) is 0 Å². The quantitative estimate of drug-likeness (QED) is 0.580. The predicted octanol–water partition coefficient (Wildman–Crippen LogP) is 1.66. The lowest BCUT2D eigenvalue weighted by atomic mass is 10.2. The second kappa shape index (κ2) is 3.06. The smallest absolute Gasteiger partial charge is 0.108 e. The highest BCUT2D eigenvalue weighted by atomic mass is 16.3. The minimum Gasteiger partial charge on any atom is -0.264 e. The molecule has 0 unspecified atom stereocenters. The molecule has 0 radical (unpaired) electrons. The van der Waals surface area contributed by atoms with Crippen LogP contribution in [0, 0.1) is 11.8 Å². The van der Waals surface area contributed by atoms with Gasteiger partial charge in [0.05, 0.1) is 0 Å². The van der Waals surface area contributed by atoms with Crippen molar-refractivity contribution in [3.63, 3.8) is 0 Å². The molecule has 0 saturated heterocycles. The summed E-state index contributed by atoms with van der Waals surface area (Å²) in [5.74, 6) is 0. The zero-order valence-electron chi connectivity index (χ0n) is 5.74. The first-order valence-corrected chi connectivity index (χ1v) is 3.03. The van der Waals surface area contributed by atoms with Gasteiger partial charge in [-0.3, -0.25) is 4.98 Å². The third-order valence-electron chi connectivity index (χ3n) is 1.38. The van der Waals surface area contributed by atoms with Crippen molar-refractivity contribution < 1.29 is 0 Å². The Morgan fingerprint density at radius 3 is 3.10 bits per heavy atom. The van der Waals surface area contributed by atoms with E-state index in [-0.39, 0.29) is 6.54 Å². The Kier molecular flexibility index (Phi) is 2.10. The molecule has 0 aliphatic rings. The van der Waals surface area contributed by atoms with Gasteiger partial charge in [0.25, 0.3) is 0 Å². The highest BCUT2D eigenvalue weighted by Crippen LogP contribution is 2.05. The van der Waals surface area contributed by atoms with Crippen molar-refractivity contribution in [3.05, 3.63) is 34.5 Å². The lowest BCUT2D eigenvalue weighted by Crippen LogP contribution is -1.86. The standard InChI is InChI=1S/C7H8N2O/c1-6-2-3-8-4-7(6)5-9-10/h2-4H,5H2,1H3. The molecule has 1 aromatic heterocycles. The van der Waals surface area contributed by atoms with Crippen LogP contribution in [0.5, 0.6) is 0 Å². The molecule has 52 valence electrons. The molecule has 3 heteroatoms. The van der Waals surface area contributed by atoms with Crippen molar-refractivity contribution >= 4 is 0 Å². The Labute approximate surface area is 59.1 Å². The number of nitroso groups, excluding NO2 is 1. The molecule has 0 aliphatic carbocycles. The van der Waals surface area contributed by atoms with E-state index in [0.717, 1.165) is 11.1 Å². The number of hydrogen-bond donors (Lipinski definition) is 0. The zero-order chi connectivity index (χ0) is 7.40. The SMILES string of the molecule is Cc1ccncc1CN=O. The average Bonchev–Trinajstić information content (AvgIpc) is 1.94. The van der Waals surface area contributed by atoms with Gasteiger partial charge in [-0.1, -0.05) is 5.18 Å². The third kappa shape index (κ3) is 1.37. The summed E-state index contributed by atoms with van der Waals surface area (Å²) in [5.41, 5.74) is 1.96. The number of rotatable bonds is 2. The van der Waals surface area contributed by atoms with Crippen LogP contribution in [0.2, 0.25) is 0 Å². The molecule has 0 aliphatic heterocycles. The van der Waals surface area contributed by atoms with E-state index >= 15 is 0 Å². The summed E-state index contributed by atoms with van der Waals surface area (Å²) in [6, 6.07) is 1.86. The molecule has 0 atom stereocenters. The summed E-state index contributed by atoms with van der Waals surface area (Å²) >= 11 is 0. The zero-order valence-corrected chi connectivity index (χ0v) is 5.74. The molecule has 1 heterocycles. The maximum absolute atomic E-state index is 9.85. The van der Waals surface area contributed by atoms with Gasteiger partial charge >= 0.3 is 0 Å². The highest BCUT2D eigenvalue weighted by molar-refractivity contribution is 5.20. The van der Waals surface area contributed by atoms with Crippen LogP contribution in [0.4, 0.5) is 0 Å². The van der Waals surface area contributed by atoms with Gasteiger partial charge < -0.3 is 0 Å². The summed E-state index contributed by atoms with van der Waals surface area (Å²) in [7, 11) is 0. The lowest BCUT2D eigenvalue weighted by molar-refractivity contribution is 1.01. The van der Waals surface area contributed by atoms with Gasteiger partial charge in [0.15, 0.2) is 0 Å². The van der Waals surface area contributed by atoms with E-state index in [1.807, 2.05) is 13.0 Å². The summed E-state index contributed by atoms with van der Waals surface area (Å²) < 4.78 is 0. The Morgan fingerprint density at radius 1 is 1.70 bits per heavy atom. The molecular weight excluding hydrogens is 128 g/mol. The van der Waals surface area contributed by atoms with Gasteiger partial charge in [-0.05, 0) is 24.1 Å². The molecule has 1 rings (SSSR count). The molecule has 0 saturated carbocycles. The molecule has 3 nitrogen and oxygen atoms in total. The number of hydrogen-bond acceptors (Lipinski definition) is 3. The first kappa shape index (κ1) is 6.86. The van der Waals surface area contributed by atoms with Gasteiger partial charge in [0.2, 0.25) is 0 Å². The minimum absolute atomic E-state index is 0.222.